The summed E-state index contributed by atoms with van der Waals surface area (Å²) in [5, 5.41) is 5.52. The molecule has 0 spiro atoms. The molecule has 0 bridgehead atoms. The van der Waals surface area contributed by atoms with Crippen LogP contribution < -0.4 is 0 Å². The molecule has 0 unspecified atom stereocenters. The number of rotatable bonds is 3. The van der Waals surface area contributed by atoms with Crippen LogP contribution in [0.1, 0.15) is 33.4 Å². The van der Waals surface area contributed by atoms with E-state index in [2.05, 4.69) is 145 Å². The monoisotopic (exact) mass is 1100 g/mol. The zero-order chi connectivity index (χ0) is 44.8. The summed E-state index contributed by atoms with van der Waals surface area (Å²) in [6.45, 7) is 0. The predicted octanol–water partition coefficient (Wildman–Crippen LogP) is 15.2. The zero-order valence-corrected chi connectivity index (χ0v) is 42.3. The molecule has 0 fully saturated rings. The third-order valence-electron chi connectivity index (χ3n) is 10.7. The molecule has 8 aromatic carbocycles. The average molecular weight is 1100 g/mol. The Morgan fingerprint density at radius 1 is 0.273 bits per heavy atom. The van der Waals surface area contributed by atoms with Crippen LogP contribution in [0, 0.1) is 35.5 Å². The van der Waals surface area contributed by atoms with Gasteiger partial charge in [0.25, 0.3) is 0 Å². The first kappa shape index (κ1) is 44.0. The van der Waals surface area contributed by atoms with Crippen LogP contribution in [0.25, 0.3) is 58.9 Å². The number of hydrogen-bond donors (Lipinski definition) is 0. The molecule has 3 heterocycles. The van der Waals surface area contributed by atoms with Crippen molar-refractivity contribution < 1.29 is 0 Å². The van der Waals surface area contributed by atoms with Crippen LogP contribution in [-0.4, -0.2) is 43.5 Å². The van der Waals surface area contributed by atoms with Gasteiger partial charge in [-0.3, -0.25) is 0 Å². The Morgan fingerprint density at radius 3 is 0.742 bits per heavy atom. The minimum atomic E-state index is 0.308. The number of fused-ring (bicyclic) bond motifs is 6. The molecule has 0 amide bonds. The first-order valence-electron chi connectivity index (χ1n) is 21.0. The summed E-state index contributed by atoms with van der Waals surface area (Å²) in [5.41, 5.74) is 8.01. The summed E-state index contributed by atoms with van der Waals surface area (Å²) >= 11 is 21.2. The topological polar surface area (TPSA) is 0 Å². The standard InChI is InChI=1S/C30H15Cl3.C30H18Se3/c31-28-25(19-16-22-10-4-1-5-11-22)29(32)27(21-18-24-14-8-3-9-15-24)30(33)26(28)20-17-23-12-6-2-7-13-23;1-4-10-19(11-5-1)25-16-22-28(31-25)23-17-26(20-12-6-2-7-13-20)33-30(23)24-18-27(32-29(22)24)21-14-8-3-9-15-21/h1-15H;1-18H. The van der Waals surface area contributed by atoms with Gasteiger partial charge in [0.1, 0.15) is 0 Å². The maximum atomic E-state index is 6.72. The van der Waals surface area contributed by atoms with E-state index in [4.69, 9.17) is 34.8 Å². The van der Waals surface area contributed by atoms with Crippen LogP contribution in [0.2, 0.25) is 15.1 Å². The van der Waals surface area contributed by atoms with Crippen molar-refractivity contribution in [3.8, 4) is 65.5 Å². The van der Waals surface area contributed by atoms with Crippen LogP contribution in [0.5, 0.6) is 0 Å². The van der Waals surface area contributed by atoms with E-state index in [1.807, 2.05) is 91.0 Å². The second-order valence-corrected chi connectivity index (χ2v) is 22.8. The molecule has 0 nitrogen and oxygen atoms in total. The Labute approximate surface area is 417 Å². The van der Waals surface area contributed by atoms with Crippen molar-refractivity contribution in [3.63, 3.8) is 0 Å². The van der Waals surface area contributed by atoms with Crippen molar-refractivity contribution in [2.24, 2.45) is 0 Å². The Bertz CT molecular complexity index is 3200. The summed E-state index contributed by atoms with van der Waals surface area (Å²) < 4.78 is 9.41. The fraction of sp³-hybridized carbons (Fsp3) is 0. The summed E-state index contributed by atoms with van der Waals surface area (Å²) in [6.07, 6.45) is 0. The molecule has 6 heteroatoms. The molecule has 0 radical (unpaired) electrons. The third kappa shape index (κ3) is 9.51. The average Bonchev–Trinajstić information content (AvgIpc) is 4.14. The van der Waals surface area contributed by atoms with Crippen molar-refractivity contribution in [2.75, 3.05) is 0 Å². The molecule has 0 saturated heterocycles. The summed E-state index contributed by atoms with van der Waals surface area (Å²) in [4.78, 5) is 0. The fourth-order valence-corrected chi connectivity index (χ4v) is 17.0. The quantitative estimate of drug-likeness (QED) is 0.122. The molecule has 66 heavy (non-hydrogen) atoms. The van der Waals surface area contributed by atoms with Gasteiger partial charge in [0.2, 0.25) is 0 Å². The van der Waals surface area contributed by atoms with Crippen LogP contribution in [0.3, 0.4) is 0 Å². The maximum absolute atomic E-state index is 6.72. The van der Waals surface area contributed by atoms with Gasteiger partial charge in [0.05, 0.1) is 31.8 Å². The van der Waals surface area contributed by atoms with Gasteiger partial charge in [-0.05, 0) is 36.4 Å². The van der Waals surface area contributed by atoms with E-state index in [1.54, 1.807) is 12.8 Å². The van der Waals surface area contributed by atoms with Crippen LogP contribution >= 0.6 is 34.8 Å². The van der Waals surface area contributed by atoms with E-state index in [1.165, 1.54) is 46.2 Å². The molecule has 0 saturated carbocycles. The molecular formula is C60H33Cl3Se3. The van der Waals surface area contributed by atoms with Crippen molar-refractivity contribution >= 4 is 107 Å². The molecule has 11 rings (SSSR count). The van der Waals surface area contributed by atoms with E-state index < -0.39 is 0 Å². The third-order valence-corrected chi connectivity index (χ3v) is 19.5. The molecule has 0 aliphatic heterocycles. The molecule has 3 aromatic heterocycles. The van der Waals surface area contributed by atoms with E-state index in [0.29, 0.717) is 75.3 Å². The van der Waals surface area contributed by atoms with Gasteiger partial charge in [-0.1, -0.05) is 125 Å². The van der Waals surface area contributed by atoms with Crippen molar-refractivity contribution in [1.82, 2.24) is 0 Å². The van der Waals surface area contributed by atoms with Gasteiger partial charge in [0, 0.05) is 16.7 Å². The second kappa shape index (κ2) is 20.3. The van der Waals surface area contributed by atoms with Crippen LogP contribution in [-0.2, 0) is 0 Å². The van der Waals surface area contributed by atoms with Crippen LogP contribution in [0.15, 0.2) is 200 Å². The van der Waals surface area contributed by atoms with Gasteiger partial charge in [-0.2, -0.15) is 0 Å². The normalized spacial score (nSPS) is 10.6. The van der Waals surface area contributed by atoms with Gasteiger partial charge in [-0.25, -0.2) is 0 Å². The van der Waals surface area contributed by atoms with Crippen molar-refractivity contribution in [1.29, 1.82) is 0 Å². The first-order valence-corrected chi connectivity index (χ1v) is 27.3. The van der Waals surface area contributed by atoms with Gasteiger partial charge in [-0.15, -0.1) is 0 Å². The molecular weight excluding hydrogens is 1060 g/mol. The van der Waals surface area contributed by atoms with E-state index >= 15 is 0 Å². The van der Waals surface area contributed by atoms with Crippen LogP contribution in [0.4, 0.5) is 0 Å². The Kier molecular flexibility index (Phi) is 13.5. The number of hydrogen-bond acceptors (Lipinski definition) is 0. The number of halogens is 3. The van der Waals surface area contributed by atoms with Crippen molar-refractivity contribution in [3.05, 3.63) is 249 Å². The minimum absolute atomic E-state index is 0.308. The van der Waals surface area contributed by atoms with E-state index in [0.717, 1.165) is 16.7 Å². The van der Waals surface area contributed by atoms with Crippen molar-refractivity contribution in [2.45, 2.75) is 0 Å². The fourth-order valence-electron chi connectivity index (χ4n) is 7.48. The summed E-state index contributed by atoms with van der Waals surface area (Å²) in [6, 6.07) is 69.3. The Morgan fingerprint density at radius 2 is 0.500 bits per heavy atom. The molecule has 11 aromatic rings. The molecule has 0 aliphatic rings. The molecule has 312 valence electrons. The number of benzene rings is 8. The molecule has 0 N–H and O–H groups in total. The molecule has 0 aliphatic carbocycles. The Hall–Kier alpha value is -5.91. The summed E-state index contributed by atoms with van der Waals surface area (Å²) in [5.74, 6) is 18.6. The van der Waals surface area contributed by atoms with E-state index in [-0.39, 0.29) is 0 Å². The van der Waals surface area contributed by atoms with E-state index in [9.17, 15) is 0 Å². The SMILES string of the molecule is Clc1c(C#Cc2ccccc2)c(Cl)c(C#Cc2ccccc2)c(Cl)c1C#Cc1ccccc1.c1ccc(-c2cc3c([se]2)c2cc(-c4ccccc4)[se]c2c2cc(-c4ccccc4)[se]c32)cc1. The van der Waals surface area contributed by atoms with Gasteiger partial charge in [0.15, 0.2) is 0 Å². The second-order valence-electron chi connectivity index (χ2n) is 15.1. The summed E-state index contributed by atoms with van der Waals surface area (Å²) in [7, 11) is 0. The molecule has 0 atom stereocenters. The Balaban J connectivity index is 0.000000155. The zero-order valence-electron chi connectivity index (χ0n) is 34.9. The van der Waals surface area contributed by atoms with Gasteiger partial charge < -0.3 is 0 Å². The predicted molar refractivity (Wildman–Crippen MR) is 285 cm³/mol. The van der Waals surface area contributed by atoms with Gasteiger partial charge >= 0.3 is 212 Å². The first-order chi connectivity index (χ1) is 32.5.